The molecule has 0 aliphatic heterocycles. The Labute approximate surface area is 130 Å². The molecule has 1 atom stereocenters. The van der Waals surface area contributed by atoms with Crippen molar-refractivity contribution in [3.63, 3.8) is 0 Å². The van der Waals surface area contributed by atoms with Gasteiger partial charge in [-0.05, 0) is 30.9 Å². The Morgan fingerprint density at radius 3 is 2.38 bits per heavy atom. The van der Waals surface area contributed by atoms with Crippen molar-refractivity contribution in [3.05, 3.63) is 33.8 Å². The first-order valence-corrected chi connectivity index (χ1v) is 7.67. The summed E-state index contributed by atoms with van der Waals surface area (Å²) in [4.78, 5) is 12.1. The number of nitriles is 1. The summed E-state index contributed by atoms with van der Waals surface area (Å²) in [5.74, 6) is -2.72. The van der Waals surface area contributed by atoms with Crippen LogP contribution in [0.25, 0.3) is 0 Å². The van der Waals surface area contributed by atoms with Gasteiger partial charge in [-0.3, -0.25) is 4.79 Å². The van der Waals surface area contributed by atoms with Gasteiger partial charge in [0.1, 0.15) is 23.2 Å². The van der Waals surface area contributed by atoms with Crippen LogP contribution in [0.1, 0.15) is 42.5 Å². The van der Waals surface area contributed by atoms with Gasteiger partial charge in [0, 0.05) is 4.47 Å². The molecule has 6 heteroatoms. The first-order chi connectivity index (χ1) is 10.0. The maximum atomic E-state index is 13.7. The Hall–Kier alpha value is -1.48. The molecule has 1 aromatic rings. The van der Waals surface area contributed by atoms with Gasteiger partial charge < -0.3 is 5.32 Å². The number of carbonyl (C=O) groups is 1. The van der Waals surface area contributed by atoms with Gasteiger partial charge in [-0.1, -0.05) is 35.2 Å². The molecular weight excluding hydrogens is 342 g/mol. The first-order valence-electron chi connectivity index (χ1n) is 6.88. The van der Waals surface area contributed by atoms with Crippen LogP contribution in [0, 0.1) is 28.9 Å². The number of hydrogen-bond donors (Lipinski definition) is 1. The van der Waals surface area contributed by atoms with E-state index >= 15 is 0 Å². The van der Waals surface area contributed by atoms with E-state index in [-0.39, 0.29) is 10.4 Å². The molecule has 1 saturated carbocycles. The summed E-state index contributed by atoms with van der Waals surface area (Å²) in [5.41, 5.74) is -0.644. The molecular formula is C15H15BrF2N2O. The lowest BCUT2D eigenvalue weighted by atomic mass is 9.84. The molecule has 0 saturated heterocycles. The molecule has 0 spiro atoms. The highest BCUT2D eigenvalue weighted by Crippen LogP contribution is 2.27. The third kappa shape index (κ3) is 3.79. The average molecular weight is 357 g/mol. The lowest BCUT2D eigenvalue weighted by Gasteiger charge is -2.26. The summed E-state index contributed by atoms with van der Waals surface area (Å²) in [5, 5.41) is 11.7. The lowest BCUT2D eigenvalue weighted by Crippen LogP contribution is -2.40. The topological polar surface area (TPSA) is 52.9 Å². The number of amides is 1. The second-order valence-electron chi connectivity index (χ2n) is 5.22. The molecule has 112 valence electrons. The van der Waals surface area contributed by atoms with Gasteiger partial charge in [0.25, 0.3) is 5.91 Å². The molecule has 1 aliphatic carbocycles. The van der Waals surface area contributed by atoms with Crippen LogP contribution < -0.4 is 5.32 Å². The normalized spacial score (nSPS) is 17.0. The van der Waals surface area contributed by atoms with Gasteiger partial charge in [-0.25, -0.2) is 8.78 Å². The molecule has 2 rings (SSSR count). The van der Waals surface area contributed by atoms with Crippen molar-refractivity contribution in [3.8, 4) is 6.07 Å². The van der Waals surface area contributed by atoms with Crippen molar-refractivity contribution < 1.29 is 13.6 Å². The van der Waals surface area contributed by atoms with Crippen LogP contribution >= 0.6 is 15.9 Å². The number of benzene rings is 1. The molecule has 0 aromatic heterocycles. The van der Waals surface area contributed by atoms with E-state index < -0.39 is 29.1 Å². The largest absolute Gasteiger partial charge is 0.336 e. The number of halogens is 3. The molecule has 3 nitrogen and oxygen atoms in total. The zero-order chi connectivity index (χ0) is 15.4. The number of carbonyl (C=O) groups excluding carboxylic acids is 1. The molecule has 0 heterocycles. The van der Waals surface area contributed by atoms with E-state index in [1.807, 2.05) is 6.07 Å². The highest BCUT2D eigenvalue weighted by Gasteiger charge is 2.27. The molecule has 1 fully saturated rings. The summed E-state index contributed by atoms with van der Waals surface area (Å²) >= 11 is 2.96. The van der Waals surface area contributed by atoms with Crippen molar-refractivity contribution in [2.24, 2.45) is 5.92 Å². The maximum absolute atomic E-state index is 13.7. The minimum atomic E-state index is -0.945. The third-order valence-corrected chi connectivity index (χ3v) is 4.24. The average Bonchev–Trinajstić information content (AvgIpc) is 2.44. The van der Waals surface area contributed by atoms with Gasteiger partial charge in [0.2, 0.25) is 0 Å². The maximum Gasteiger partial charge on any atom is 0.258 e. The lowest BCUT2D eigenvalue weighted by molar-refractivity contribution is 0.0920. The smallest absolute Gasteiger partial charge is 0.258 e. The zero-order valence-corrected chi connectivity index (χ0v) is 12.9. The number of hydrogen-bond acceptors (Lipinski definition) is 2. The molecule has 1 aliphatic rings. The van der Waals surface area contributed by atoms with Gasteiger partial charge in [0.15, 0.2) is 0 Å². The highest BCUT2D eigenvalue weighted by atomic mass is 79.9. The van der Waals surface area contributed by atoms with Crippen LogP contribution in [0.3, 0.4) is 0 Å². The zero-order valence-electron chi connectivity index (χ0n) is 11.3. The number of nitrogens with zero attached hydrogens (tertiary/aromatic N) is 1. The SMILES string of the molecule is N#CC(NC(=O)c1c(F)cc(Br)cc1F)C1CCCCC1. The summed E-state index contributed by atoms with van der Waals surface area (Å²) in [6.07, 6.45) is 4.85. The van der Waals surface area contributed by atoms with E-state index in [0.29, 0.717) is 0 Å². The molecule has 1 N–H and O–H groups in total. The summed E-state index contributed by atoms with van der Waals surface area (Å²) in [6, 6.07) is 3.38. The Morgan fingerprint density at radius 1 is 1.29 bits per heavy atom. The van der Waals surface area contributed by atoms with Crippen LogP contribution in [0.15, 0.2) is 16.6 Å². The van der Waals surface area contributed by atoms with Crippen LogP contribution in [0.5, 0.6) is 0 Å². The molecule has 1 unspecified atom stereocenters. The van der Waals surface area contributed by atoms with Crippen molar-refractivity contribution in [1.29, 1.82) is 5.26 Å². The van der Waals surface area contributed by atoms with Gasteiger partial charge in [-0.2, -0.15) is 5.26 Å². The van der Waals surface area contributed by atoms with E-state index in [4.69, 9.17) is 0 Å². The second-order valence-corrected chi connectivity index (χ2v) is 6.14. The van der Waals surface area contributed by atoms with Gasteiger partial charge in [-0.15, -0.1) is 0 Å². The predicted octanol–water partition coefficient (Wildman–Crippen LogP) is 3.93. The van der Waals surface area contributed by atoms with Crippen molar-refractivity contribution in [2.45, 2.75) is 38.1 Å². The van der Waals surface area contributed by atoms with E-state index in [0.717, 1.165) is 44.2 Å². The Kier molecular flexibility index (Phi) is 5.29. The predicted molar refractivity (Wildman–Crippen MR) is 77.5 cm³/mol. The van der Waals surface area contributed by atoms with Crippen LogP contribution in [-0.4, -0.2) is 11.9 Å². The van der Waals surface area contributed by atoms with Crippen LogP contribution in [-0.2, 0) is 0 Å². The summed E-state index contributed by atoms with van der Waals surface area (Å²) < 4.78 is 27.7. The molecule has 1 aromatic carbocycles. The minimum absolute atomic E-state index is 0.0503. The van der Waals surface area contributed by atoms with Gasteiger partial charge in [0.05, 0.1) is 6.07 Å². The second kappa shape index (κ2) is 6.99. The fourth-order valence-electron chi connectivity index (χ4n) is 2.70. The standard InChI is InChI=1S/C15H15BrF2N2O/c16-10-6-11(17)14(12(18)7-10)15(21)20-13(8-19)9-4-2-1-3-5-9/h6-7,9,13H,1-5H2,(H,20,21). The van der Waals surface area contributed by atoms with E-state index in [1.165, 1.54) is 0 Å². The fourth-order valence-corrected chi connectivity index (χ4v) is 3.10. The molecule has 0 bridgehead atoms. The summed E-state index contributed by atoms with van der Waals surface area (Å²) in [6.45, 7) is 0. The molecule has 0 radical (unpaired) electrons. The monoisotopic (exact) mass is 356 g/mol. The van der Waals surface area contributed by atoms with E-state index in [1.54, 1.807) is 0 Å². The van der Waals surface area contributed by atoms with Crippen molar-refractivity contribution in [2.75, 3.05) is 0 Å². The van der Waals surface area contributed by atoms with E-state index in [9.17, 15) is 18.8 Å². The first kappa shape index (κ1) is 15.9. The van der Waals surface area contributed by atoms with Gasteiger partial charge >= 0.3 is 0 Å². The molecule has 1 amide bonds. The Bertz CT molecular complexity index is 557. The fraction of sp³-hybridized carbons (Fsp3) is 0.467. The van der Waals surface area contributed by atoms with Crippen molar-refractivity contribution in [1.82, 2.24) is 5.32 Å². The number of nitrogens with one attached hydrogen (secondary N) is 1. The van der Waals surface area contributed by atoms with Crippen LogP contribution in [0.2, 0.25) is 0 Å². The Balaban J connectivity index is 2.15. The van der Waals surface area contributed by atoms with Crippen LogP contribution in [0.4, 0.5) is 8.78 Å². The highest BCUT2D eigenvalue weighted by molar-refractivity contribution is 9.10. The number of rotatable bonds is 3. The van der Waals surface area contributed by atoms with Crippen molar-refractivity contribution >= 4 is 21.8 Å². The Morgan fingerprint density at radius 2 is 1.86 bits per heavy atom. The minimum Gasteiger partial charge on any atom is -0.336 e. The third-order valence-electron chi connectivity index (χ3n) is 3.78. The molecule has 21 heavy (non-hydrogen) atoms. The summed E-state index contributed by atoms with van der Waals surface area (Å²) in [7, 11) is 0. The quantitative estimate of drug-likeness (QED) is 0.891. The van der Waals surface area contributed by atoms with E-state index in [2.05, 4.69) is 21.2 Å².